The molecule has 3 aromatic rings. The monoisotopic (exact) mass is 351 g/mol. The Labute approximate surface area is 152 Å². The van der Waals surface area contributed by atoms with E-state index in [2.05, 4.69) is 4.98 Å². The molecule has 26 heavy (non-hydrogen) atoms. The zero-order valence-corrected chi connectivity index (χ0v) is 15.1. The minimum atomic E-state index is -0.373. The third-order valence-electron chi connectivity index (χ3n) is 4.02. The van der Waals surface area contributed by atoms with E-state index in [0.29, 0.717) is 36.0 Å². The van der Waals surface area contributed by atoms with E-state index in [4.69, 9.17) is 14.2 Å². The largest absolute Gasteiger partial charge is 0.493 e. The zero-order valence-electron chi connectivity index (χ0n) is 15.1. The fourth-order valence-electron chi connectivity index (χ4n) is 2.70. The zero-order chi connectivity index (χ0) is 18.5. The molecule has 0 fully saturated rings. The molecule has 0 bridgehead atoms. The number of carbonyl (C=O) groups excluding carboxylic acids is 1. The molecular formula is C21H21NO4. The lowest BCUT2D eigenvalue weighted by molar-refractivity contribution is 0.0525. The Morgan fingerprint density at radius 3 is 2.54 bits per heavy atom. The number of hydrogen-bond donors (Lipinski definition) is 0. The number of aryl methyl sites for hydroxylation is 1. The topological polar surface area (TPSA) is 57.7 Å². The molecule has 0 saturated heterocycles. The Morgan fingerprint density at radius 2 is 1.85 bits per heavy atom. The number of pyridine rings is 1. The van der Waals surface area contributed by atoms with Crippen LogP contribution in [0.25, 0.3) is 10.9 Å². The molecule has 0 amide bonds. The molecule has 0 aliphatic heterocycles. The molecule has 0 N–H and O–H groups in total. The van der Waals surface area contributed by atoms with Crippen LogP contribution in [0.4, 0.5) is 0 Å². The lowest BCUT2D eigenvalue weighted by Gasteiger charge is -2.13. The van der Waals surface area contributed by atoms with Crippen molar-refractivity contribution < 1.29 is 19.0 Å². The number of methoxy groups -OCH3 is 1. The van der Waals surface area contributed by atoms with Gasteiger partial charge in [-0.25, -0.2) is 4.79 Å². The van der Waals surface area contributed by atoms with Gasteiger partial charge >= 0.3 is 5.97 Å². The van der Waals surface area contributed by atoms with Crippen LogP contribution in [0.3, 0.4) is 0 Å². The molecule has 134 valence electrons. The quantitative estimate of drug-likeness (QED) is 0.620. The standard InChI is InChI=1S/C21H21NO4/c1-4-25-21(23)17-10-16-11-20(26-13-15-8-6-5-7-9-15)19(24-3)12-18(16)22-14(17)2/h5-12H,4,13H2,1-3H3. The van der Waals surface area contributed by atoms with Crippen LogP contribution >= 0.6 is 0 Å². The maximum Gasteiger partial charge on any atom is 0.339 e. The van der Waals surface area contributed by atoms with Gasteiger partial charge in [0.05, 0.1) is 30.5 Å². The first-order valence-electron chi connectivity index (χ1n) is 8.45. The van der Waals surface area contributed by atoms with Crippen LogP contribution in [-0.4, -0.2) is 24.7 Å². The van der Waals surface area contributed by atoms with Crippen molar-refractivity contribution in [3.63, 3.8) is 0 Å². The lowest BCUT2D eigenvalue weighted by Crippen LogP contribution is -2.08. The van der Waals surface area contributed by atoms with Crippen molar-refractivity contribution in [3.05, 3.63) is 65.4 Å². The molecular weight excluding hydrogens is 330 g/mol. The molecule has 3 rings (SSSR count). The second-order valence-corrected chi connectivity index (χ2v) is 5.81. The summed E-state index contributed by atoms with van der Waals surface area (Å²) in [5.41, 5.74) is 2.87. The van der Waals surface area contributed by atoms with Crippen LogP contribution in [0.15, 0.2) is 48.5 Å². The number of nitrogens with zero attached hydrogens (tertiary/aromatic N) is 1. The van der Waals surface area contributed by atoms with E-state index in [1.165, 1.54) is 0 Å². The minimum Gasteiger partial charge on any atom is -0.493 e. The first-order valence-corrected chi connectivity index (χ1v) is 8.45. The molecule has 0 radical (unpaired) electrons. The molecule has 0 aliphatic carbocycles. The third-order valence-corrected chi connectivity index (χ3v) is 4.02. The number of benzene rings is 2. The Bertz CT molecular complexity index is 922. The van der Waals surface area contributed by atoms with Crippen molar-refractivity contribution in [2.45, 2.75) is 20.5 Å². The number of rotatable bonds is 6. The van der Waals surface area contributed by atoms with Crippen molar-refractivity contribution in [2.24, 2.45) is 0 Å². The summed E-state index contributed by atoms with van der Waals surface area (Å²) < 4.78 is 16.5. The van der Waals surface area contributed by atoms with Gasteiger partial charge in [0.15, 0.2) is 11.5 Å². The molecule has 1 heterocycles. The summed E-state index contributed by atoms with van der Waals surface area (Å²) in [6, 6.07) is 15.3. The number of esters is 1. The highest BCUT2D eigenvalue weighted by Crippen LogP contribution is 2.33. The van der Waals surface area contributed by atoms with Gasteiger partial charge in [-0.2, -0.15) is 0 Å². The summed E-state index contributed by atoms with van der Waals surface area (Å²) in [6.45, 7) is 4.32. The summed E-state index contributed by atoms with van der Waals surface area (Å²) in [4.78, 5) is 16.6. The number of aromatic nitrogens is 1. The predicted octanol–water partition coefficient (Wildman–Crippen LogP) is 4.31. The number of carbonyl (C=O) groups is 1. The van der Waals surface area contributed by atoms with E-state index < -0.39 is 0 Å². The number of ether oxygens (including phenoxy) is 3. The average molecular weight is 351 g/mol. The molecule has 1 aromatic heterocycles. The maximum atomic E-state index is 12.1. The Balaban J connectivity index is 1.97. The fourth-order valence-corrected chi connectivity index (χ4v) is 2.70. The molecule has 5 heteroatoms. The Hall–Kier alpha value is -3.08. The van der Waals surface area contributed by atoms with Crippen molar-refractivity contribution >= 4 is 16.9 Å². The Morgan fingerprint density at radius 1 is 1.08 bits per heavy atom. The smallest absolute Gasteiger partial charge is 0.339 e. The molecule has 0 saturated carbocycles. The van der Waals surface area contributed by atoms with Crippen molar-refractivity contribution in [3.8, 4) is 11.5 Å². The first-order chi connectivity index (χ1) is 12.6. The second-order valence-electron chi connectivity index (χ2n) is 5.81. The van der Waals surface area contributed by atoms with E-state index in [1.54, 1.807) is 27.0 Å². The number of hydrogen-bond acceptors (Lipinski definition) is 5. The highest BCUT2D eigenvalue weighted by Gasteiger charge is 2.15. The van der Waals surface area contributed by atoms with E-state index in [1.807, 2.05) is 42.5 Å². The van der Waals surface area contributed by atoms with E-state index in [9.17, 15) is 4.79 Å². The fraction of sp³-hybridized carbons (Fsp3) is 0.238. The molecule has 5 nitrogen and oxygen atoms in total. The van der Waals surface area contributed by atoms with Crippen LogP contribution in [0.2, 0.25) is 0 Å². The first kappa shape index (κ1) is 17.7. The van der Waals surface area contributed by atoms with E-state index >= 15 is 0 Å². The lowest BCUT2D eigenvalue weighted by atomic mass is 10.1. The highest BCUT2D eigenvalue weighted by molar-refractivity contribution is 5.95. The predicted molar refractivity (Wildman–Crippen MR) is 99.8 cm³/mol. The molecule has 0 atom stereocenters. The summed E-state index contributed by atoms with van der Waals surface area (Å²) in [5, 5.41) is 0.794. The van der Waals surface area contributed by atoms with Gasteiger partial charge in [0.2, 0.25) is 0 Å². The van der Waals surface area contributed by atoms with Gasteiger partial charge in [-0.05, 0) is 31.5 Å². The average Bonchev–Trinajstić information content (AvgIpc) is 2.66. The normalized spacial score (nSPS) is 10.6. The van der Waals surface area contributed by atoms with E-state index in [-0.39, 0.29) is 5.97 Å². The summed E-state index contributed by atoms with van der Waals surface area (Å²) in [5.74, 6) is 0.829. The van der Waals surface area contributed by atoms with Crippen molar-refractivity contribution in [1.29, 1.82) is 0 Å². The molecule has 2 aromatic carbocycles. The van der Waals surface area contributed by atoms with Gasteiger partial charge in [-0.1, -0.05) is 30.3 Å². The van der Waals surface area contributed by atoms with Gasteiger partial charge in [-0.15, -0.1) is 0 Å². The molecule has 0 unspecified atom stereocenters. The van der Waals surface area contributed by atoms with Gasteiger partial charge in [0.25, 0.3) is 0 Å². The van der Waals surface area contributed by atoms with Crippen LogP contribution < -0.4 is 9.47 Å². The maximum absolute atomic E-state index is 12.1. The van der Waals surface area contributed by atoms with Crippen LogP contribution in [0, 0.1) is 6.92 Å². The summed E-state index contributed by atoms with van der Waals surface area (Å²) in [6.07, 6.45) is 0. The van der Waals surface area contributed by atoms with Crippen molar-refractivity contribution in [1.82, 2.24) is 4.98 Å². The van der Waals surface area contributed by atoms with Gasteiger partial charge in [-0.3, -0.25) is 4.98 Å². The van der Waals surface area contributed by atoms with Gasteiger partial charge < -0.3 is 14.2 Å². The van der Waals surface area contributed by atoms with Crippen molar-refractivity contribution in [2.75, 3.05) is 13.7 Å². The molecule has 0 spiro atoms. The van der Waals surface area contributed by atoms with Gasteiger partial charge in [0, 0.05) is 11.5 Å². The SMILES string of the molecule is CCOC(=O)c1cc2cc(OCc3ccccc3)c(OC)cc2nc1C. The van der Waals surface area contributed by atoms with Crippen LogP contribution in [0.5, 0.6) is 11.5 Å². The minimum absolute atomic E-state index is 0.324. The van der Waals surface area contributed by atoms with E-state index in [0.717, 1.165) is 16.5 Å². The molecule has 0 aliphatic rings. The summed E-state index contributed by atoms with van der Waals surface area (Å²) in [7, 11) is 1.59. The van der Waals surface area contributed by atoms with Gasteiger partial charge in [0.1, 0.15) is 6.61 Å². The number of fused-ring (bicyclic) bond motifs is 1. The Kier molecular flexibility index (Phi) is 5.37. The summed E-state index contributed by atoms with van der Waals surface area (Å²) >= 11 is 0. The van der Waals surface area contributed by atoms with Crippen LogP contribution in [-0.2, 0) is 11.3 Å². The van der Waals surface area contributed by atoms with Crippen LogP contribution in [0.1, 0.15) is 28.5 Å². The third kappa shape index (κ3) is 3.77. The second kappa shape index (κ2) is 7.87. The highest BCUT2D eigenvalue weighted by atomic mass is 16.5.